The molecule has 0 aromatic carbocycles. The Balaban J connectivity index is 1.77. The average molecular weight is 424 g/mol. The third-order valence-corrected chi connectivity index (χ3v) is 5.67. The van der Waals surface area contributed by atoms with Crippen LogP contribution >= 0.6 is 11.3 Å². The zero-order valence-electron chi connectivity index (χ0n) is 17.6. The number of ether oxygens (including phenoxy) is 1. The van der Waals surface area contributed by atoms with Crippen molar-refractivity contribution in [1.82, 2.24) is 14.3 Å². The van der Waals surface area contributed by atoms with Crippen LogP contribution < -0.4 is 4.90 Å². The van der Waals surface area contributed by atoms with Crippen LogP contribution in [0, 0.1) is 16.0 Å². The van der Waals surface area contributed by atoms with Crippen LogP contribution in [0.25, 0.3) is 4.96 Å². The molecule has 160 valence electrons. The first-order valence-corrected chi connectivity index (χ1v) is 10.8. The number of carbonyl (C=O) groups is 1. The first-order chi connectivity index (χ1) is 13.6. The van der Waals surface area contributed by atoms with Crippen LogP contribution in [-0.4, -0.2) is 56.6 Å². The van der Waals surface area contributed by atoms with Crippen LogP contribution in [0.15, 0.2) is 11.6 Å². The number of fused-ring (bicyclic) bond motifs is 1. The zero-order chi connectivity index (χ0) is 21.3. The lowest BCUT2D eigenvalue weighted by molar-refractivity contribution is -0.389. The molecule has 1 amide bonds. The van der Waals surface area contributed by atoms with E-state index in [1.807, 2.05) is 39.5 Å². The zero-order valence-corrected chi connectivity index (χ0v) is 18.4. The quantitative estimate of drug-likeness (QED) is 0.529. The number of carbonyl (C=O) groups excluding carboxylic acids is 1. The summed E-state index contributed by atoms with van der Waals surface area (Å²) in [7, 11) is 0. The summed E-state index contributed by atoms with van der Waals surface area (Å²) in [5.41, 5.74) is -0.550. The van der Waals surface area contributed by atoms with Gasteiger partial charge in [-0.15, -0.1) is 0 Å². The summed E-state index contributed by atoms with van der Waals surface area (Å²) in [5.74, 6) is 0.618. The van der Waals surface area contributed by atoms with E-state index in [2.05, 4.69) is 4.98 Å². The molecule has 1 unspecified atom stereocenters. The summed E-state index contributed by atoms with van der Waals surface area (Å²) >= 11 is 1.38. The van der Waals surface area contributed by atoms with Crippen molar-refractivity contribution in [3.63, 3.8) is 0 Å². The minimum Gasteiger partial charge on any atom is -0.444 e. The van der Waals surface area contributed by atoms with E-state index in [-0.39, 0.29) is 28.8 Å². The van der Waals surface area contributed by atoms with Gasteiger partial charge in [-0.25, -0.2) is 4.79 Å². The molecule has 1 aliphatic rings. The molecule has 2 aromatic rings. The van der Waals surface area contributed by atoms with E-state index in [1.54, 1.807) is 16.5 Å². The molecule has 0 radical (unpaired) electrons. The molecule has 0 aliphatic carbocycles. The van der Waals surface area contributed by atoms with Crippen molar-refractivity contribution in [2.24, 2.45) is 5.92 Å². The Kier molecular flexibility index (Phi) is 6.02. The predicted octanol–water partition coefficient (Wildman–Crippen LogP) is 4.17. The van der Waals surface area contributed by atoms with Crippen LogP contribution in [-0.2, 0) is 4.74 Å². The molecular formula is C19H29N5O4S. The van der Waals surface area contributed by atoms with Crippen molar-refractivity contribution in [3.8, 4) is 0 Å². The van der Waals surface area contributed by atoms with Gasteiger partial charge in [0.15, 0.2) is 0 Å². The maximum Gasteiger partial charge on any atom is 0.410 e. The number of rotatable bonds is 5. The largest absolute Gasteiger partial charge is 0.444 e. The SMILES string of the molecule is CC(C)N(CC1CCCN(c2nc3sccn3c2[N+](=O)[O-])C1)C(=O)OC(C)(C)C. The number of piperidine rings is 1. The van der Waals surface area contributed by atoms with Gasteiger partial charge in [0.25, 0.3) is 4.96 Å². The predicted molar refractivity (Wildman–Crippen MR) is 113 cm³/mol. The molecule has 1 atom stereocenters. The first kappa shape index (κ1) is 21.4. The van der Waals surface area contributed by atoms with Gasteiger partial charge in [-0.05, 0) is 58.3 Å². The van der Waals surface area contributed by atoms with Crippen LogP contribution in [0.2, 0.25) is 0 Å². The summed E-state index contributed by atoms with van der Waals surface area (Å²) in [5, 5.41) is 13.5. The fourth-order valence-electron chi connectivity index (χ4n) is 3.65. The average Bonchev–Trinajstić information content (AvgIpc) is 3.18. The third kappa shape index (κ3) is 4.80. The van der Waals surface area contributed by atoms with Gasteiger partial charge in [0.05, 0.1) is 0 Å². The molecule has 10 heteroatoms. The number of amides is 1. The number of hydrogen-bond acceptors (Lipinski definition) is 7. The summed E-state index contributed by atoms with van der Waals surface area (Å²) in [6.45, 7) is 11.4. The maximum absolute atomic E-state index is 12.6. The van der Waals surface area contributed by atoms with Crippen molar-refractivity contribution in [3.05, 3.63) is 21.7 Å². The van der Waals surface area contributed by atoms with E-state index >= 15 is 0 Å². The monoisotopic (exact) mass is 423 g/mol. The van der Waals surface area contributed by atoms with Crippen LogP contribution in [0.1, 0.15) is 47.5 Å². The Bertz CT molecular complexity index is 885. The molecule has 1 fully saturated rings. The minimum atomic E-state index is -0.550. The molecule has 0 spiro atoms. The normalized spacial score (nSPS) is 17.7. The molecule has 29 heavy (non-hydrogen) atoms. The number of thiazole rings is 1. The summed E-state index contributed by atoms with van der Waals surface area (Å²) in [6, 6.07) is 0.00695. The van der Waals surface area contributed by atoms with E-state index in [1.165, 1.54) is 15.7 Å². The van der Waals surface area contributed by atoms with Crippen LogP contribution in [0.4, 0.5) is 16.4 Å². The lowest BCUT2D eigenvalue weighted by Crippen LogP contribution is -2.47. The third-order valence-electron chi connectivity index (χ3n) is 4.92. The molecule has 3 rings (SSSR count). The van der Waals surface area contributed by atoms with Crippen molar-refractivity contribution in [1.29, 1.82) is 0 Å². The van der Waals surface area contributed by atoms with Crippen LogP contribution in [0.3, 0.4) is 0 Å². The van der Waals surface area contributed by atoms with Crippen LogP contribution in [0.5, 0.6) is 0 Å². The molecule has 1 aliphatic heterocycles. The van der Waals surface area contributed by atoms with Gasteiger partial charge >= 0.3 is 11.9 Å². The first-order valence-electron chi connectivity index (χ1n) is 9.91. The highest BCUT2D eigenvalue weighted by atomic mass is 32.1. The van der Waals surface area contributed by atoms with E-state index in [0.717, 1.165) is 19.4 Å². The summed E-state index contributed by atoms with van der Waals surface area (Å²) in [4.78, 5) is 32.8. The Hall–Kier alpha value is -2.36. The smallest absolute Gasteiger partial charge is 0.410 e. The lowest BCUT2D eigenvalue weighted by atomic mass is 9.97. The minimum absolute atomic E-state index is 0.00695. The number of anilines is 1. The maximum atomic E-state index is 12.6. The van der Waals surface area contributed by atoms with Crippen molar-refractivity contribution < 1.29 is 14.5 Å². The molecule has 0 saturated carbocycles. The molecular weight excluding hydrogens is 394 g/mol. The van der Waals surface area contributed by atoms with Crippen molar-refractivity contribution in [2.75, 3.05) is 24.5 Å². The molecule has 1 saturated heterocycles. The second kappa shape index (κ2) is 8.17. The van der Waals surface area contributed by atoms with Gasteiger partial charge in [0.1, 0.15) is 11.8 Å². The van der Waals surface area contributed by atoms with Crippen molar-refractivity contribution >= 4 is 34.0 Å². The van der Waals surface area contributed by atoms with E-state index in [0.29, 0.717) is 23.9 Å². The molecule has 2 aromatic heterocycles. The second-order valence-electron chi connectivity index (χ2n) is 8.75. The van der Waals surface area contributed by atoms with E-state index in [9.17, 15) is 14.9 Å². The summed E-state index contributed by atoms with van der Waals surface area (Å²) < 4.78 is 7.10. The van der Waals surface area contributed by atoms with Gasteiger partial charge in [0.2, 0.25) is 5.82 Å². The highest BCUT2D eigenvalue weighted by Crippen LogP contribution is 2.34. The number of aromatic nitrogens is 2. The standard InChI is InChI=1S/C19H29N5O4S/c1-13(2)23(18(25)28-19(3,4)5)12-14-7-6-8-21(11-14)15-16(24(26)27)22-9-10-29-17(22)20-15/h9-10,13-14H,6-8,11-12H2,1-5H3. The molecule has 9 nitrogen and oxygen atoms in total. The fraction of sp³-hybridized carbons (Fsp3) is 0.684. The fourth-order valence-corrected chi connectivity index (χ4v) is 4.35. The van der Waals surface area contributed by atoms with Gasteiger partial charge in [-0.1, -0.05) is 11.3 Å². The highest BCUT2D eigenvalue weighted by molar-refractivity contribution is 7.15. The Morgan fingerprint density at radius 1 is 1.48 bits per heavy atom. The number of hydrogen-bond donors (Lipinski definition) is 0. The van der Waals surface area contributed by atoms with Gasteiger partial charge in [-0.2, -0.15) is 9.38 Å². The van der Waals surface area contributed by atoms with Gasteiger partial charge in [0, 0.05) is 31.1 Å². The van der Waals surface area contributed by atoms with E-state index in [4.69, 9.17) is 4.74 Å². The Morgan fingerprint density at radius 3 is 2.83 bits per heavy atom. The Morgan fingerprint density at radius 2 is 2.21 bits per heavy atom. The van der Waals surface area contributed by atoms with E-state index < -0.39 is 5.60 Å². The van der Waals surface area contributed by atoms with Gasteiger partial charge < -0.3 is 24.7 Å². The second-order valence-corrected chi connectivity index (χ2v) is 9.63. The number of nitro groups is 1. The Labute approximate surface area is 174 Å². The molecule has 0 N–H and O–H groups in total. The molecule has 0 bridgehead atoms. The topological polar surface area (TPSA) is 93.2 Å². The number of nitrogens with zero attached hydrogens (tertiary/aromatic N) is 5. The number of imidazole rings is 1. The van der Waals surface area contributed by atoms with Crippen molar-refractivity contribution in [2.45, 2.75) is 59.1 Å². The lowest BCUT2D eigenvalue weighted by Gasteiger charge is -2.37. The highest BCUT2D eigenvalue weighted by Gasteiger charge is 2.33. The molecule has 3 heterocycles. The summed E-state index contributed by atoms with van der Waals surface area (Å²) in [6.07, 6.45) is 3.21. The van der Waals surface area contributed by atoms with Gasteiger partial charge in [-0.3, -0.25) is 0 Å².